The molecule has 0 saturated carbocycles. The molecule has 1 amide bonds. The fourth-order valence-corrected chi connectivity index (χ4v) is 2.66. The smallest absolute Gasteiger partial charge is 0.239 e. The first-order chi connectivity index (χ1) is 9.60. The van der Waals surface area contributed by atoms with Crippen LogP contribution in [0.1, 0.15) is 18.4 Å². The number of hydrogen-bond donors (Lipinski definition) is 3. The molecular formula is C15H22N2O3. The lowest BCUT2D eigenvalue weighted by Crippen LogP contribution is -2.43. The number of carbonyl (C=O) groups excluding carboxylic acids is 1. The van der Waals surface area contributed by atoms with Gasteiger partial charge in [0.1, 0.15) is 5.75 Å². The molecule has 1 aliphatic heterocycles. The van der Waals surface area contributed by atoms with Crippen molar-refractivity contribution in [2.24, 2.45) is 11.7 Å². The van der Waals surface area contributed by atoms with E-state index in [1.807, 2.05) is 0 Å². The minimum Gasteiger partial charge on any atom is -0.508 e. The molecule has 1 aromatic carbocycles. The normalized spacial score (nSPS) is 20.1. The van der Waals surface area contributed by atoms with E-state index >= 15 is 0 Å². The molecule has 1 fully saturated rings. The first-order valence-electron chi connectivity index (χ1n) is 7.03. The van der Waals surface area contributed by atoms with Crippen molar-refractivity contribution in [3.8, 4) is 5.75 Å². The van der Waals surface area contributed by atoms with Crippen molar-refractivity contribution in [2.75, 3.05) is 19.7 Å². The van der Waals surface area contributed by atoms with Gasteiger partial charge in [-0.2, -0.15) is 0 Å². The summed E-state index contributed by atoms with van der Waals surface area (Å²) in [5.74, 6) is 0.573. The number of nitrogens with two attached hydrogens (primary N) is 1. The van der Waals surface area contributed by atoms with Crippen LogP contribution in [0.15, 0.2) is 24.3 Å². The molecule has 5 heteroatoms. The Balaban J connectivity index is 1.87. The van der Waals surface area contributed by atoms with Gasteiger partial charge >= 0.3 is 0 Å². The molecule has 0 aliphatic carbocycles. The van der Waals surface area contributed by atoms with Crippen LogP contribution in [0.5, 0.6) is 5.75 Å². The summed E-state index contributed by atoms with van der Waals surface area (Å²) in [6, 6.07) is 6.20. The summed E-state index contributed by atoms with van der Waals surface area (Å²) in [7, 11) is 0. The Morgan fingerprint density at radius 3 is 2.75 bits per heavy atom. The Kier molecular flexibility index (Phi) is 4.98. The van der Waals surface area contributed by atoms with Gasteiger partial charge in [0.15, 0.2) is 0 Å². The maximum Gasteiger partial charge on any atom is 0.239 e. The first kappa shape index (κ1) is 14.8. The van der Waals surface area contributed by atoms with Crippen molar-refractivity contribution in [2.45, 2.75) is 25.3 Å². The second-order valence-electron chi connectivity index (χ2n) is 5.43. The number of rotatable bonds is 5. The molecule has 0 aromatic heterocycles. The molecule has 110 valence electrons. The van der Waals surface area contributed by atoms with Crippen molar-refractivity contribution in [1.29, 1.82) is 0 Å². The number of nitrogens with zero attached hydrogens (tertiary/aromatic N) is 1. The van der Waals surface area contributed by atoms with Gasteiger partial charge in [-0.3, -0.25) is 4.79 Å². The van der Waals surface area contributed by atoms with Gasteiger partial charge in [-0.25, -0.2) is 0 Å². The Morgan fingerprint density at radius 1 is 1.40 bits per heavy atom. The number of carbonyl (C=O) groups is 1. The van der Waals surface area contributed by atoms with E-state index in [-0.39, 0.29) is 18.3 Å². The topological polar surface area (TPSA) is 86.8 Å². The lowest BCUT2D eigenvalue weighted by Gasteiger charge is -2.21. The third-order valence-electron chi connectivity index (χ3n) is 3.84. The second-order valence-corrected chi connectivity index (χ2v) is 5.43. The van der Waals surface area contributed by atoms with E-state index in [1.54, 1.807) is 29.2 Å². The summed E-state index contributed by atoms with van der Waals surface area (Å²) in [5.41, 5.74) is 6.92. The number of aromatic hydroxyl groups is 1. The number of amides is 1. The van der Waals surface area contributed by atoms with Crippen LogP contribution in [0.4, 0.5) is 0 Å². The van der Waals surface area contributed by atoms with Crippen LogP contribution in [-0.4, -0.2) is 46.8 Å². The number of aliphatic hydroxyl groups is 1. The molecule has 1 heterocycles. The van der Waals surface area contributed by atoms with Crippen molar-refractivity contribution < 1.29 is 15.0 Å². The van der Waals surface area contributed by atoms with Gasteiger partial charge in [0.2, 0.25) is 5.91 Å². The molecular weight excluding hydrogens is 256 g/mol. The third-order valence-corrected chi connectivity index (χ3v) is 3.84. The Hall–Kier alpha value is -1.59. The van der Waals surface area contributed by atoms with Crippen LogP contribution in [-0.2, 0) is 11.2 Å². The standard InChI is InChI=1S/C15H22N2O3/c16-14(9-11-1-3-13(19)4-2-11)15(20)17-7-5-12(10-17)6-8-18/h1-4,12,14,18-19H,5-10,16H2/t12?,14-/m1/s1. The van der Waals surface area contributed by atoms with Gasteiger partial charge in [0.25, 0.3) is 0 Å². The number of phenolic OH excluding ortho intramolecular Hbond substituents is 1. The third kappa shape index (κ3) is 3.71. The molecule has 1 saturated heterocycles. The van der Waals surface area contributed by atoms with Crippen LogP contribution < -0.4 is 5.73 Å². The van der Waals surface area contributed by atoms with E-state index < -0.39 is 6.04 Å². The molecule has 2 atom stereocenters. The highest BCUT2D eigenvalue weighted by molar-refractivity contribution is 5.82. The number of aliphatic hydroxyl groups excluding tert-OH is 1. The minimum atomic E-state index is -0.549. The van der Waals surface area contributed by atoms with Gasteiger partial charge in [-0.05, 0) is 42.9 Å². The van der Waals surface area contributed by atoms with Crippen molar-refractivity contribution in [3.63, 3.8) is 0 Å². The molecule has 1 aromatic rings. The van der Waals surface area contributed by atoms with E-state index in [2.05, 4.69) is 0 Å². The zero-order chi connectivity index (χ0) is 14.5. The van der Waals surface area contributed by atoms with Crippen LogP contribution in [0, 0.1) is 5.92 Å². The number of benzene rings is 1. The van der Waals surface area contributed by atoms with Gasteiger partial charge in [0, 0.05) is 19.7 Å². The Labute approximate surface area is 119 Å². The maximum atomic E-state index is 12.3. The Bertz CT molecular complexity index is 447. The minimum absolute atomic E-state index is 0.0292. The summed E-state index contributed by atoms with van der Waals surface area (Å²) < 4.78 is 0. The molecule has 2 rings (SSSR count). The van der Waals surface area contributed by atoms with E-state index in [0.29, 0.717) is 18.9 Å². The molecule has 0 bridgehead atoms. The van der Waals surface area contributed by atoms with Crippen LogP contribution in [0.3, 0.4) is 0 Å². The lowest BCUT2D eigenvalue weighted by molar-refractivity contribution is -0.131. The molecule has 4 N–H and O–H groups in total. The fourth-order valence-electron chi connectivity index (χ4n) is 2.66. The fraction of sp³-hybridized carbons (Fsp3) is 0.533. The maximum absolute atomic E-state index is 12.3. The summed E-state index contributed by atoms with van der Waals surface area (Å²) >= 11 is 0. The van der Waals surface area contributed by atoms with Crippen LogP contribution in [0.25, 0.3) is 0 Å². The van der Waals surface area contributed by atoms with Crippen LogP contribution >= 0.6 is 0 Å². The number of likely N-dealkylation sites (tertiary alicyclic amines) is 1. The van der Waals surface area contributed by atoms with Crippen LogP contribution in [0.2, 0.25) is 0 Å². The highest BCUT2D eigenvalue weighted by Crippen LogP contribution is 2.20. The highest BCUT2D eigenvalue weighted by atomic mass is 16.3. The largest absolute Gasteiger partial charge is 0.508 e. The average molecular weight is 278 g/mol. The molecule has 5 nitrogen and oxygen atoms in total. The predicted octanol–water partition coefficient (Wildman–Crippen LogP) is 0.493. The SMILES string of the molecule is N[C@H](Cc1ccc(O)cc1)C(=O)N1CCC(CCO)C1. The summed E-state index contributed by atoms with van der Waals surface area (Å²) in [5, 5.41) is 18.2. The molecule has 1 aliphatic rings. The highest BCUT2D eigenvalue weighted by Gasteiger charge is 2.28. The zero-order valence-corrected chi connectivity index (χ0v) is 11.5. The number of phenols is 1. The van der Waals surface area contributed by atoms with Gasteiger partial charge in [-0.15, -0.1) is 0 Å². The summed E-state index contributed by atoms with van der Waals surface area (Å²) in [6.07, 6.45) is 2.16. The van der Waals surface area contributed by atoms with Crippen molar-refractivity contribution >= 4 is 5.91 Å². The quantitative estimate of drug-likeness (QED) is 0.731. The zero-order valence-electron chi connectivity index (χ0n) is 11.5. The van der Waals surface area contributed by atoms with Crippen molar-refractivity contribution in [1.82, 2.24) is 4.90 Å². The first-order valence-corrected chi connectivity index (χ1v) is 7.03. The molecule has 0 radical (unpaired) electrons. The van der Waals surface area contributed by atoms with Crippen molar-refractivity contribution in [3.05, 3.63) is 29.8 Å². The van der Waals surface area contributed by atoms with E-state index in [1.165, 1.54) is 0 Å². The average Bonchev–Trinajstić information content (AvgIpc) is 2.89. The van der Waals surface area contributed by atoms with E-state index in [9.17, 15) is 9.90 Å². The second kappa shape index (κ2) is 6.72. The molecule has 20 heavy (non-hydrogen) atoms. The monoisotopic (exact) mass is 278 g/mol. The molecule has 0 spiro atoms. The number of hydrogen-bond acceptors (Lipinski definition) is 4. The lowest BCUT2D eigenvalue weighted by atomic mass is 10.0. The van der Waals surface area contributed by atoms with E-state index in [4.69, 9.17) is 10.8 Å². The summed E-state index contributed by atoms with van der Waals surface area (Å²) in [4.78, 5) is 14.1. The van der Waals surface area contributed by atoms with Gasteiger partial charge in [0.05, 0.1) is 6.04 Å². The van der Waals surface area contributed by atoms with Gasteiger partial charge < -0.3 is 20.8 Å². The Morgan fingerprint density at radius 2 is 2.10 bits per heavy atom. The van der Waals surface area contributed by atoms with E-state index in [0.717, 1.165) is 24.9 Å². The molecule has 1 unspecified atom stereocenters. The van der Waals surface area contributed by atoms with Gasteiger partial charge in [-0.1, -0.05) is 12.1 Å². The summed E-state index contributed by atoms with van der Waals surface area (Å²) in [6.45, 7) is 1.60. The predicted molar refractivity (Wildman–Crippen MR) is 76.2 cm³/mol.